The molecule has 0 unspecified atom stereocenters. The maximum Gasteiger partial charge on any atom is 0.263 e. The Balaban J connectivity index is 1.84. The fourth-order valence-electron chi connectivity index (χ4n) is 3.08. The van der Waals surface area contributed by atoms with Crippen LogP contribution in [-0.4, -0.2) is 40.3 Å². The van der Waals surface area contributed by atoms with Gasteiger partial charge in [-0.2, -0.15) is 0 Å². The monoisotopic (exact) mass is 424 g/mol. The van der Waals surface area contributed by atoms with Crippen molar-refractivity contribution in [2.45, 2.75) is 19.1 Å². The summed E-state index contributed by atoms with van der Waals surface area (Å²) < 4.78 is 36.7. The van der Waals surface area contributed by atoms with Crippen molar-refractivity contribution in [1.29, 1.82) is 0 Å². The molecule has 2 atom stereocenters. The van der Waals surface area contributed by atoms with Gasteiger partial charge in [0.1, 0.15) is 11.5 Å². The lowest BCUT2D eigenvalue weighted by Crippen LogP contribution is -2.50. The predicted octanol–water partition coefficient (Wildman–Crippen LogP) is 2.75. The minimum absolute atomic E-state index is 0.142. The van der Waals surface area contributed by atoms with E-state index in [0.29, 0.717) is 16.5 Å². The molecular formula is C19H21ClN2O5S. The van der Waals surface area contributed by atoms with Gasteiger partial charge >= 0.3 is 0 Å². The van der Waals surface area contributed by atoms with Gasteiger partial charge in [-0.15, -0.1) is 0 Å². The van der Waals surface area contributed by atoms with Gasteiger partial charge in [-0.05, 0) is 31.2 Å². The molecule has 1 amide bonds. The smallest absolute Gasteiger partial charge is 0.263 e. The third kappa shape index (κ3) is 4.18. The highest BCUT2D eigenvalue weighted by Gasteiger charge is 2.35. The van der Waals surface area contributed by atoms with Crippen LogP contribution < -0.4 is 19.1 Å². The second-order valence-electron chi connectivity index (χ2n) is 6.48. The zero-order chi connectivity index (χ0) is 20.5. The summed E-state index contributed by atoms with van der Waals surface area (Å²) in [5.41, 5.74) is 1.12. The number of carbonyl (C=O) groups excluding carboxylic acids is 1. The second kappa shape index (κ2) is 7.89. The zero-order valence-corrected chi connectivity index (χ0v) is 17.3. The van der Waals surface area contributed by atoms with Gasteiger partial charge in [0.2, 0.25) is 10.0 Å². The van der Waals surface area contributed by atoms with Crippen LogP contribution in [0.5, 0.6) is 11.5 Å². The van der Waals surface area contributed by atoms with Crippen molar-refractivity contribution in [2.75, 3.05) is 24.2 Å². The average molecular weight is 425 g/mol. The molecule has 0 bridgehead atoms. The van der Waals surface area contributed by atoms with Gasteiger partial charge in [-0.3, -0.25) is 9.10 Å². The van der Waals surface area contributed by atoms with Crippen LogP contribution in [0, 0.1) is 0 Å². The molecule has 1 aliphatic rings. The van der Waals surface area contributed by atoms with E-state index >= 15 is 0 Å². The van der Waals surface area contributed by atoms with Crippen LogP contribution in [0.3, 0.4) is 0 Å². The van der Waals surface area contributed by atoms with Crippen LogP contribution in [-0.2, 0) is 14.8 Å². The minimum Gasteiger partial charge on any atom is -0.496 e. The maximum atomic E-state index is 12.8. The third-order valence-corrected chi connectivity index (χ3v) is 5.83. The largest absolute Gasteiger partial charge is 0.496 e. The van der Waals surface area contributed by atoms with Crippen molar-refractivity contribution < 1.29 is 22.7 Å². The number of methoxy groups -OCH3 is 1. The molecule has 0 radical (unpaired) electrons. The number of amides is 1. The molecule has 3 rings (SSSR count). The maximum absolute atomic E-state index is 12.8. The van der Waals surface area contributed by atoms with Crippen molar-refractivity contribution in [3.05, 3.63) is 53.1 Å². The molecule has 0 fully saturated rings. The first kappa shape index (κ1) is 20.3. The lowest BCUT2D eigenvalue weighted by atomic mass is 10.1. The summed E-state index contributed by atoms with van der Waals surface area (Å²) in [6.07, 6.45) is 0.0793. The number of para-hydroxylation sites is 1. The van der Waals surface area contributed by atoms with E-state index < -0.39 is 22.0 Å². The molecule has 150 valence electrons. The summed E-state index contributed by atoms with van der Waals surface area (Å²) in [7, 11) is -2.06. The molecule has 1 N–H and O–H groups in total. The third-order valence-electron chi connectivity index (χ3n) is 4.45. The molecule has 0 saturated carbocycles. The molecule has 9 heteroatoms. The molecule has 2 aromatic rings. The summed E-state index contributed by atoms with van der Waals surface area (Å²) in [5, 5.41) is 3.24. The standard InChI is InChI=1S/C19H21ClN2O5S/c1-12(14-6-4-5-7-16(14)26-2)21-19(23)18-11-22(28(3,24)25)15-10-13(20)8-9-17(15)27-18/h4-10,12,18H,11H2,1-3H3,(H,21,23)/t12-,18-/m0/s1. The van der Waals surface area contributed by atoms with E-state index in [4.69, 9.17) is 21.1 Å². The summed E-state index contributed by atoms with van der Waals surface area (Å²) in [5.74, 6) is 0.511. The second-order valence-corrected chi connectivity index (χ2v) is 8.83. The lowest BCUT2D eigenvalue weighted by molar-refractivity contribution is -0.128. The molecule has 0 aliphatic carbocycles. The molecule has 2 aromatic carbocycles. The topological polar surface area (TPSA) is 84.9 Å². The first-order valence-electron chi connectivity index (χ1n) is 8.58. The Kier molecular flexibility index (Phi) is 5.71. The first-order chi connectivity index (χ1) is 13.2. The van der Waals surface area contributed by atoms with E-state index in [0.717, 1.165) is 16.1 Å². The van der Waals surface area contributed by atoms with Crippen molar-refractivity contribution in [3.63, 3.8) is 0 Å². The highest BCUT2D eigenvalue weighted by molar-refractivity contribution is 7.92. The number of hydrogen-bond donors (Lipinski definition) is 1. The molecule has 0 spiro atoms. The van der Waals surface area contributed by atoms with Gasteiger partial charge in [-0.1, -0.05) is 29.8 Å². The number of hydrogen-bond acceptors (Lipinski definition) is 5. The fraction of sp³-hybridized carbons (Fsp3) is 0.316. The average Bonchev–Trinajstić information content (AvgIpc) is 2.66. The van der Waals surface area contributed by atoms with Gasteiger partial charge < -0.3 is 14.8 Å². The van der Waals surface area contributed by atoms with Gasteiger partial charge in [0.15, 0.2) is 6.10 Å². The molecule has 1 aliphatic heterocycles. The Bertz CT molecular complexity index is 996. The minimum atomic E-state index is -3.62. The van der Waals surface area contributed by atoms with Crippen molar-refractivity contribution in [2.24, 2.45) is 0 Å². The van der Waals surface area contributed by atoms with Crippen molar-refractivity contribution in [1.82, 2.24) is 5.32 Å². The van der Waals surface area contributed by atoms with Crippen molar-refractivity contribution >= 4 is 33.2 Å². The van der Waals surface area contributed by atoms with E-state index in [1.54, 1.807) is 25.3 Å². The molecule has 0 saturated heterocycles. The highest BCUT2D eigenvalue weighted by atomic mass is 35.5. The lowest BCUT2D eigenvalue weighted by Gasteiger charge is -2.34. The highest BCUT2D eigenvalue weighted by Crippen LogP contribution is 2.37. The van der Waals surface area contributed by atoms with Gasteiger partial charge in [0, 0.05) is 10.6 Å². The SMILES string of the molecule is COc1ccccc1[C@H](C)NC(=O)[C@@H]1CN(S(C)(=O)=O)c2cc(Cl)ccc2O1. The van der Waals surface area contributed by atoms with Crippen LogP contribution in [0.2, 0.25) is 5.02 Å². The van der Waals surface area contributed by atoms with Crippen LogP contribution in [0.25, 0.3) is 0 Å². The van der Waals surface area contributed by atoms with Crippen molar-refractivity contribution in [3.8, 4) is 11.5 Å². The van der Waals surface area contributed by atoms with Crippen LogP contribution in [0.4, 0.5) is 5.69 Å². The normalized spacial score (nSPS) is 17.3. The fourth-order valence-corrected chi connectivity index (χ4v) is 4.16. The van der Waals surface area contributed by atoms with E-state index in [2.05, 4.69) is 5.32 Å². The molecule has 7 nitrogen and oxygen atoms in total. The Morgan fingerprint density at radius 3 is 2.71 bits per heavy atom. The summed E-state index contributed by atoms with van der Waals surface area (Å²) in [6, 6.07) is 11.6. The quantitative estimate of drug-likeness (QED) is 0.797. The number of rotatable bonds is 5. The summed E-state index contributed by atoms with van der Waals surface area (Å²) in [6.45, 7) is 1.68. The molecule has 28 heavy (non-hydrogen) atoms. The Hall–Kier alpha value is -2.45. The number of nitrogens with one attached hydrogen (secondary N) is 1. The summed E-state index contributed by atoms with van der Waals surface area (Å²) in [4.78, 5) is 12.8. The Labute approximate surface area is 169 Å². The van der Waals surface area contributed by atoms with Gasteiger partial charge in [0.05, 0.1) is 31.6 Å². The molecule has 0 aromatic heterocycles. The van der Waals surface area contributed by atoms with E-state index in [-0.39, 0.29) is 18.3 Å². The van der Waals surface area contributed by atoms with Gasteiger partial charge in [-0.25, -0.2) is 8.42 Å². The first-order valence-corrected chi connectivity index (χ1v) is 10.8. The summed E-state index contributed by atoms with van der Waals surface area (Å²) >= 11 is 5.99. The number of fused-ring (bicyclic) bond motifs is 1. The van der Waals surface area contributed by atoms with Crippen LogP contribution in [0.1, 0.15) is 18.5 Å². The number of ether oxygens (including phenoxy) is 2. The number of benzene rings is 2. The number of nitrogens with zero attached hydrogens (tertiary/aromatic N) is 1. The number of halogens is 1. The Morgan fingerprint density at radius 2 is 2.04 bits per heavy atom. The molecule has 1 heterocycles. The van der Waals surface area contributed by atoms with Crippen LogP contribution in [0.15, 0.2) is 42.5 Å². The van der Waals surface area contributed by atoms with Gasteiger partial charge in [0.25, 0.3) is 5.91 Å². The Morgan fingerprint density at radius 1 is 1.32 bits per heavy atom. The van der Waals surface area contributed by atoms with Crippen LogP contribution >= 0.6 is 11.6 Å². The molecular weight excluding hydrogens is 404 g/mol. The number of sulfonamides is 1. The van der Waals surface area contributed by atoms with E-state index in [1.165, 1.54) is 6.07 Å². The number of carbonyl (C=O) groups is 1. The number of anilines is 1. The van der Waals surface area contributed by atoms with E-state index in [1.807, 2.05) is 25.1 Å². The van der Waals surface area contributed by atoms with E-state index in [9.17, 15) is 13.2 Å². The zero-order valence-electron chi connectivity index (χ0n) is 15.7. The predicted molar refractivity (Wildman–Crippen MR) is 108 cm³/mol.